The fourth-order valence-electron chi connectivity index (χ4n) is 4.08. The molecule has 1 amide bonds. The fraction of sp³-hybridized carbons (Fsp3) is 0.391. The van der Waals surface area contributed by atoms with Crippen LogP contribution in [0.5, 0.6) is 0 Å². The van der Waals surface area contributed by atoms with Crippen molar-refractivity contribution in [2.75, 3.05) is 18.4 Å². The molecule has 1 aromatic heterocycles. The van der Waals surface area contributed by atoms with Crippen LogP contribution in [0.1, 0.15) is 36.8 Å². The van der Waals surface area contributed by atoms with Crippen molar-refractivity contribution in [1.29, 1.82) is 0 Å². The van der Waals surface area contributed by atoms with E-state index in [2.05, 4.69) is 5.32 Å². The molecular formula is C23H27N3O5S. The Balaban J connectivity index is 1.58. The van der Waals surface area contributed by atoms with Gasteiger partial charge in [0.2, 0.25) is 15.9 Å². The minimum atomic E-state index is -3.67. The van der Waals surface area contributed by atoms with Crippen LogP contribution in [0, 0.1) is 13.8 Å². The van der Waals surface area contributed by atoms with Crippen LogP contribution in [0.3, 0.4) is 0 Å². The van der Waals surface area contributed by atoms with Crippen molar-refractivity contribution in [3.63, 3.8) is 0 Å². The maximum atomic E-state index is 13.0. The molecule has 0 saturated carbocycles. The van der Waals surface area contributed by atoms with Gasteiger partial charge in [-0.1, -0.05) is 30.5 Å². The predicted molar refractivity (Wildman–Crippen MR) is 122 cm³/mol. The number of fused-ring (bicyclic) bond motifs is 1. The molecule has 0 atom stereocenters. The van der Waals surface area contributed by atoms with E-state index < -0.39 is 15.8 Å². The van der Waals surface area contributed by atoms with Gasteiger partial charge in [0, 0.05) is 24.8 Å². The first kappa shape index (κ1) is 22.3. The highest BCUT2D eigenvalue weighted by molar-refractivity contribution is 7.89. The number of oxazole rings is 1. The SMILES string of the molecule is Cc1ccc(NC(=O)Cn2c(=O)oc3cc(S(=O)(=O)N4CCCCCC4)ccc32)c(C)c1. The minimum Gasteiger partial charge on any atom is -0.408 e. The zero-order valence-electron chi connectivity index (χ0n) is 18.3. The van der Waals surface area contributed by atoms with Crippen LogP contribution in [-0.2, 0) is 21.4 Å². The summed E-state index contributed by atoms with van der Waals surface area (Å²) in [5, 5.41) is 2.81. The molecule has 1 saturated heterocycles. The summed E-state index contributed by atoms with van der Waals surface area (Å²) in [6, 6.07) is 10.0. The van der Waals surface area contributed by atoms with Crippen molar-refractivity contribution >= 4 is 32.7 Å². The number of hydrogen-bond donors (Lipinski definition) is 1. The summed E-state index contributed by atoms with van der Waals surface area (Å²) < 4.78 is 34.1. The summed E-state index contributed by atoms with van der Waals surface area (Å²) in [5.74, 6) is -1.08. The topological polar surface area (TPSA) is 102 Å². The molecule has 1 aliphatic rings. The second-order valence-electron chi connectivity index (χ2n) is 8.27. The summed E-state index contributed by atoms with van der Waals surface area (Å²) in [5.41, 5.74) is 3.20. The van der Waals surface area contributed by atoms with Crippen LogP contribution in [0.15, 0.2) is 50.5 Å². The second kappa shape index (κ2) is 8.91. The van der Waals surface area contributed by atoms with E-state index in [-0.39, 0.29) is 22.9 Å². The quantitative estimate of drug-likeness (QED) is 0.633. The molecular weight excluding hydrogens is 430 g/mol. The Labute approximate surface area is 186 Å². The van der Waals surface area contributed by atoms with E-state index >= 15 is 0 Å². The molecule has 170 valence electrons. The fourth-order valence-corrected chi connectivity index (χ4v) is 5.61. The van der Waals surface area contributed by atoms with Crippen LogP contribution in [0.25, 0.3) is 11.1 Å². The predicted octanol–water partition coefficient (Wildman–Crippen LogP) is 3.41. The molecule has 0 aliphatic carbocycles. The van der Waals surface area contributed by atoms with Gasteiger partial charge in [0.25, 0.3) is 0 Å². The number of aryl methyl sites for hydroxylation is 2. The lowest BCUT2D eigenvalue weighted by Crippen LogP contribution is -2.31. The van der Waals surface area contributed by atoms with E-state index in [9.17, 15) is 18.0 Å². The number of carbonyl (C=O) groups is 1. The van der Waals surface area contributed by atoms with Crippen molar-refractivity contribution < 1.29 is 17.6 Å². The Bertz CT molecular complexity index is 1320. The standard InChI is InChI=1S/C23H27N3O5S/c1-16-7-9-19(17(2)13-16)24-22(27)15-26-20-10-8-18(14-21(20)31-23(26)28)32(29,30)25-11-5-3-4-6-12-25/h7-10,13-14H,3-6,11-12,15H2,1-2H3,(H,24,27). The maximum absolute atomic E-state index is 13.0. The molecule has 3 aromatic rings. The minimum absolute atomic E-state index is 0.0903. The van der Waals surface area contributed by atoms with Crippen LogP contribution in [0.4, 0.5) is 5.69 Å². The van der Waals surface area contributed by atoms with E-state index in [0.717, 1.165) is 36.8 Å². The third kappa shape index (κ3) is 4.49. The lowest BCUT2D eigenvalue weighted by Gasteiger charge is -2.19. The summed E-state index contributed by atoms with van der Waals surface area (Å²) in [7, 11) is -3.67. The molecule has 32 heavy (non-hydrogen) atoms. The van der Waals surface area contributed by atoms with Gasteiger partial charge in [-0.15, -0.1) is 0 Å². The Morgan fingerprint density at radius 3 is 2.44 bits per heavy atom. The van der Waals surface area contributed by atoms with Gasteiger partial charge in [0.05, 0.1) is 10.4 Å². The molecule has 0 spiro atoms. The third-order valence-corrected chi connectivity index (χ3v) is 7.69. The van der Waals surface area contributed by atoms with Crippen LogP contribution < -0.4 is 11.1 Å². The largest absolute Gasteiger partial charge is 0.420 e. The molecule has 1 N–H and O–H groups in total. The molecule has 8 nitrogen and oxygen atoms in total. The average molecular weight is 458 g/mol. The summed E-state index contributed by atoms with van der Waals surface area (Å²) in [4.78, 5) is 25.1. The smallest absolute Gasteiger partial charge is 0.408 e. The monoisotopic (exact) mass is 457 g/mol. The molecule has 0 unspecified atom stereocenters. The molecule has 9 heteroatoms. The number of aromatic nitrogens is 1. The van der Waals surface area contributed by atoms with Gasteiger partial charge in [-0.25, -0.2) is 13.2 Å². The summed E-state index contributed by atoms with van der Waals surface area (Å²) in [6.07, 6.45) is 3.71. The molecule has 4 rings (SSSR count). The molecule has 0 radical (unpaired) electrons. The number of rotatable bonds is 5. The van der Waals surface area contributed by atoms with Crippen molar-refractivity contribution in [1.82, 2.24) is 8.87 Å². The number of nitrogens with one attached hydrogen (secondary N) is 1. The highest BCUT2D eigenvalue weighted by Gasteiger charge is 2.26. The van der Waals surface area contributed by atoms with E-state index in [1.807, 2.05) is 32.0 Å². The highest BCUT2D eigenvalue weighted by atomic mass is 32.2. The van der Waals surface area contributed by atoms with Crippen molar-refractivity contribution in [3.8, 4) is 0 Å². The van der Waals surface area contributed by atoms with Crippen LogP contribution in [-0.4, -0.2) is 36.3 Å². The molecule has 2 aromatic carbocycles. The van der Waals surface area contributed by atoms with Crippen molar-refractivity contribution in [3.05, 3.63) is 58.1 Å². The zero-order valence-corrected chi connectivity index (χ0v) is 19.1. The lowest BCUT2D eigenvalue weighted by atomic mass is 10.1. The van der Waals surface area contributed by atoms with Crippen molar-refractivity contribution in [2.24, 2.45) is 0 Å². The van der Waals surface area contributed by atoms with Gasteiger partial charge < -0.3 is 9.73 Å². The first-order valence-electron chi connectivity index (χ1n) is 10.8. The Hall–Kier alpha value is -2.91. The van der Waals surface area contributed by atoms with Gasteiger partial charge in [-0.2, -0.15) is 4.31 Å². The van der Waals surface area contributed by atoms with Gasteiger partial charge in [0.1, 0.15) is 6.54 Å². The average Bonchev–Trinajstić information content (AvgIpc) is 2.92. The number of hydrogen-bond acceptors (Lipinski definition) is 5. The summed E-state index contributed by atoms with van der Waals surface area (Å²) in [6.45, 7) is 4.61. The number of nitrogens with zero attached hydrogens (tertiary/aromatic N) is 2. The van der Waals surface area contributed by atoms with E-state index in [4.69, 9.17) is 4.42 Å². The number of amides is 1. The third-order valence-electron chi connectivity index (χ3n) is 5.80. The summed E-state index contributed by atoms with van der Waals surface area (Å²) >= 11 is 0. The molecule has 0 bridgehead atoms. The maximum Gasteiger partial charge on any atom is 0.420 e. The Kier molecular flexibility index (Phi) is 6.21. The first-order chi connectivity index (χ1) is 15.3. The highest BCUT2D eigenvalue weighted by Crippen LogP contribution is 2.24. The van der Waals surface area contributed by atoms with Gasteiger partial charge in [0.15, 0.2) is 5.58 Å². The second-order valence-corrected chi connectivity index (χ2v) is 10.2. The van der Waals surface area contributed by atoms with E-state index in [0.29, 0.717) is 24.3 Å². The first-order valence-corrected chi connectivity index (χ1v) is 12.2. The number of benzene rings is 2. The van der Waals surface area contributed by atoms with Crippen molar-refractivity contribution in [2.45, 2.75) is 51.0 Å². The zero-order chi connectivity index (χ0) is 22.9. The number of anilines is 1. The van der Waals surface area contributed by atoms with Gasteiger partial charge in [-0.3, -0.25) is 9.36 Å². The van der Waals surface area contributed by atoms with E-state index in [1.165, 1.54) is 27.1 Å². The van der Waals surface area contributed by atoms with Gasteiger partial charge in [-0.05, 0) is 50.5 Å². The Morgan fingerprint density at radius 1 is 1.03 bits per heavy atom. The van der Waals surface area contributed by atoms with E-state index in [1.54, 1.807) is 0 Å². The van der Waals surface area contributed by atoms with Crippen LogP contribution in [0.2, 0.25) is 0 Å². The molecule has 1 fully saturated rings. The lowest BCUT2D eigenvalue weighted by molar-refractivity contribution is -0.116. The number of carbonyl (C=O) groups excluding carboxylic acids is 1. The molecule has 2 heterocycles. The van der Waals surface area contributed by atoms with Gasteiger partial charge >= 0.3 is 5.76 Å². The Morgan fingerprint density at radius 2 is 1.75 bits per heavy atom. The normalized spacial score (nSPS) is 15.6. The van der Waals surface area contributed by atoms with Crippen LogP contribution >= 0.6 is 0 Å². The molecule has 1 aliphatic heterocycles. The number of sulfonamides is 1.